The van der Waals surface area contributed by atoms with Crippen LogP contribution in [0.2, 0.25) is 13.3 Å². The molecule has 0 amide bonds. The fourth-order valence-electron chi connectivity index (χ4n) is 5.94. The zero-order valence-electron chi connectivity index (χ0n) is 29.1. The summed E-state index contributed by atoms with van der Waals surface area (Å²) >= 11 is -0.611. The van der Waals surface area contributed by atoms with Crippen LogP contribution in [0.4, 0.5) is 0 Å². The second-order valence-electron chi connectivity index (χ2n) is 12.1. The van der Waals surface area contributed by atoms with Crippen LogP contribution in [-0.4, -0.2) is 70.7 Å². The van der Waals surface area contributed by atoms with E-state index in [0.29, 0.717) is 12.8 Å². The minimum absolute atomic E-state index is 0.156. The Morgan fingerprint density at radius 2 is 1.07 bits per heavy atom. The molecule has 0 fully saturated rings. The summed E-state index contributed by atoms with van der Waals surface area (Å²) in [4.78, 5) is 52.1. The van der Waals surface area contributed by atoms with Crippen molar-refractivity contribution >= 4 is 64.8 Å². The third-order valence-corrected chi connectivity index (χ3v) is 23.6. The van der Waals surface area contributed by atoms with Crippen molar-refractivity contribution in [1.82, 2.24) is 0 Å². The molecule has 0 aliphatic heterocycles. The van der Waals surface area contributed by atoms with Gasteiger partial charge in [0.1, 0.15) is 0 Å². The van der Waals surface area contributed by atoms with Gasteiger partial charge in [0.15, 0.2) is 0 Å². The average Bonchev–Trinajstić information content (AvgIpc) is 3.06. The third kappa shape index (κ3) is 13.7. The first kappa shape index (κ1) is 43.6. The van der Waals surface area contributed by atoms with Crippen molar-refractivity contribution in [2.24, 2.45) is 10.8 Å². The van der Waals surface area contributed by atoms with Gasteiger partial charge in [0.25, 0.3) is 0 Å². The number of esters is 4. The zero-order chi connectivity index (χ0) is 34.4. The summed E-state index contributed by atoms with van der Waals surface area (Å²) in [5, 5.41) is 0. The summed E-state index contributed by atoms with van der Waals surface area (Å²) in [6.07, 6.45) is 14.6. The van der Waals surface area contributed by atoms with Crippen molar-refractivity contribution in [3.8, 4) is 0 Å². The van der Waals surface area contributed by atoms with E-state index in [4.69, 9.17) is 18.9 Å². The predicted molar refractivity (Wildman–Crippen MR) is 192 cm³/mol. The number of allylic oxidation sites excluding steroid dienone is 4. The fraction of sp³-hybridized carbons (Fsp3) is 0.714. The minimum atomic E-state index is -2.65. The molecule has 0 saturated heterocycles. The number of hydrogen-bond acceptors (Lipinski definition) is 8. The van der Waals surface area contributed by atoms with Gasteiger partial charge in [0.05, 0.1) is 14.2 Å². The monoisotopic (exact) mass is 854 g/mol. The van der Waals surface area contributed by atoms with Gasteiger partial charge in [-0.05, 0) is 4.08 Å². The second-order valence-corrected chi connectivity index (χ2v) is 25.8. The van der Waals surface area contributed by atoms with Crippen molar-refractivity contribution in [2.75, 3.05) is 28.4 Å². The normalized spacial score (nSPS) is 12.9. The van der Waals surface area contributed by atoms with E-state index in [1.54, 1.807) is 10.2 Å². The Morgan fingerprint density at radius 1 is 0.667 bits per heavy atom. The van der Waals surface area contributed by atoms with Gasteiger partial charge in [-0.1, -0.05) is 28.7 Å². The van der Waals surface area contributed by atoms with E-state index < -0.39 is 53.1 Å². The molecule has 8 nitrogen and oxygen atoms in total. The average molecular weight is 853 g/mol. The number of unbranched alkanes of at least 4 members (excludes halogenated alkanes) is 3. The second kappa shape index (κ2) is 23.9. The Kier molecular flexibility index (Phi) is 23.1. The van der Waals surface area contributed by atoms with Crippen molar-refractivity contribution in [2.45, 2.75) is 118 Å². The molecule has 0 aromatic rings. The molecule has 0 saturated carbocycles. The van der Waals surface area contributed by atoms with E-state index in [0.717, 1.165) is 5.57 Å². The van der Waals surface area contributed by atoms with Gasteiger partial charge in [-0.3, -0.25) is 9.59 Å². The van der Waals surface area contributed by atoms with Crippen molar-refractivity contribution < 1.29 is 38.1 Å². The number of methoxy groups -OCH3 is 4. The summed E-state index contributed by atoms with van der Waals surface area (Å²) in [5.74, 6) is -2.47. The first-order valence-electron chi connectivity index (χ1n) is 16.4. The molecule has 0 heterocycles. The van der Waals surface area contributed by atoms with Crippen LogP contribution >= 0.6 is 22.6 Å². The number of rotatable bonds is 24. The van der Waals surface area contributed by atoms with Gasteiger partial charge in [-0.2, -0.15) is 0 Å². The molecule has 0 aromatic heterocycles. The van der Waals surface area contributed by atoms with Gasteiger partial charge in [-0.25, -0.2) is 0 Å². The zero-order valence-corrected chi connectivity index (χ0v) is 34.1. The number of carbonyl (C=O) groups is 4. The van der Waals surface area contributed by atoms with Crippen LogP contribution in [0.25, 0.3) is 0 Å². The van der Waals surface area contributed by atoms with Gasteiger partial charge in [0, 0.05) is 0 Å². The standard InChI is InChI=1S/C23H32IO8.3C4H9.Sn/c1-7-12-22(18(25)29-3,19(26)30-4)15-11-17(2)10-8-13-23(14-9-16-24,20(27)31-5)21(28)32-6;3*1-3-4-2;/h1,7,9-10,16H,8,11-15H2,2-6H3;3*1,3-4H2,2H3;/b7-1?,16-9-,17-10-;;;;. The quantitative estimate of drug-likeness (QED) is 0.0237. The maximum atomic E-state index is 13.3. The van der Waals surface area contributed by atoms with E-state index in [2.05, 4.69) is 30.9 Å². The topological polar surface area (TPSA) is 105 Å². The molecule has 45 heavy (non-hydrogen) atoms. The van der Waals surface area contributed by atoms with Gasteiger partial charge < -0.3 is 9.47 Å². The van der Waals surface area contributed by atoms with E-state index in [1.165, 1.54) is 80.3 Å². The molecule has 0 rings (SSSR count). The molecular weight excluding hydrogens is 794 g/mol. The first-order valence-corrected chi connectivity index (χ1v) is 25.4. The molecule has 0 aliphatic carbocycles. The molecule has 0 radical (unpaired) electrons. The molecule has 0 spiro atoms. The molecule has 0 aliphatic rings. The molecule has 0 atom stereocenters. The summed E-state index contributed by atoms with van der Waals surface area (Å²) in [6, 6.07) is 0. The Balaban J connectivity index is 6.26. The third-order valence-electron chi connectivity index (χ3n) is 8.89. The first-order chi connectivity index (χ1) is 21.5. The molecule has 258 valence electrons. The van der Waals surface area contributed by atoms with Crippen LogP contribution in [0.3, 0.4) is 0 Å². The number of halogens is 1. The summed E-state index contributed by atoms with van der Waals surface area (Å²) in [5.41, 5.74) is -1.99. The van der Waals surface area contributed by atoms with Crippen molar-refractivity contribution in [3.05, 3.63) is 32.0 Å². The molecule has 0 aromatic carbocycles. The summed E-state index contributed by atoms with van der Waals surface area (Å²) in [7, 11) is 5.13. The van der Waals surface area contributed by atoms with E-state index >= 15 is 0 Å². The van der Waals surface area contributed by atoms with Crippen LogP contribution in [0.5, 0.6) is 0 Å². The van der Waals surface area contributed by atoms with Crippen LogP contribution in [-0.2, 0) is 38.1 Å². The number of carbonyl (C=O) groups excluding carboxylic acids is 4. The van der Waals surface area contributed by atoms with Gasteiger partial charge in [-0.15, -0.1) is 0 Å². The Bertz CT molecular complexity index is 950. The van der Waals surface area contributed by atoms with Gasteiger partial charge in [0.2, 0.25) is 0 Å². The molecule has 0 bridgehead atoms. The molecule has 0 unspecified atom stereocenters. The Labute approximate surface area is 290 Å². The van der Waals surface area contributed by atoms with Crippen LogP contribution < -0.4 is 0 Å². The molecule has 10 heteroatoms. The fourth-order valence-corrected chi connectivity index (χ4v) is 20.6. The molecule has 0 N–H and O–H groups in total. The van der Waals surface area contributed by atoms with E-state index in [9.17, 15) is 19.2 Å². The summed E-state index contributed by atoms with van der Waals surface area (Å²) in [6.45, 7) is 8.63. The summed E-state index contributed by atoms with van der Waals surface area (Å²) < 4.78 is 28.5. The Morgan fingerprint density at radius 3 is 1.44 bits per heavy atom. The number of hydrogen-bond donors (Lipinski definition) is 0. The molecular formula is C35H59IO8Sn. The van der Waals surface area contributed by atoms with Crippen molar-refractivity contribution in [1.29, 1.82) is 0 Å². The maximum absolute atomic E-state index is 13.3. The van der Waals surface area contributed by atoms with Crippen LogP contribution in [0, 0.1) is 10.8 Å². The van der Waals surface area contributed by atoms with Crippen molar-refractivity contribution in [3.63, 3.8) is 0 Å². The number of ether oxygens (including phenoxy) is 4. The van der Waals surface area contributed by atoms with E-state index in [1.807, 2.05) is 35.6 Å². The predicted octanol–water partition coefficient (Wildman–Crippen LogP) is 8.83. The van der Waals surface area contributed by atoms with Crippen LogP contribution in [0.15, 0.2) is 32.0 Å². The van der Waals surface area contributed by atoms with E-state index in [-0.39, 0.29) is 25.7 Å². The van der Waals surface area contributed by atoms with Crippen LogP contribution in [0.1, 0.15) is 105 Å². The van der Waals surface area contributed by atoms with Gasteiger partial charge >= 0.3 is 226 Å². The SMILES string of the molecule is CCC[CH2][Sn](/[CH]=C/CC(CC/C(C)=C\CCC(C/C=C\I)(C(=O)OC)C(=O)OC)(C(=O)OC)C(=O)OC)([CH2]CCC)[CH2]CCC. The Hall–Kier alpha value is -1.37.